The van der Waals surface area contributed by atoms with E-state index in [1.165, 1.54) is 12.1 Å². The molecule has 1 saturated heterocycles. The van der Waals surface area contributed by atoms with Gasteiger partial charge >= 0.3 is 12.1 Å². The second-order valence-corrected chi connectivity index (χ2v) is 16.1. The van der Waals surface area contributed by atoms with Crippen LogP contribution in [0.5, 0.6) is 0 Å². The number of nitrogens with zero attached hydrogens (tertiary/aromatic N) is 6. The van der Waals surface area contributed by atoms with Crippen molar-refractivity contribution in [3.63, 3.8) is 0 Å². The summed E-state index contributed by atoms with van der Waals surface area (Å²) in [5.74, 6) is -1.05. The number of hydroxylamine groups is 2. The van der Waals surface area contributed by atoms with Crippen LogP contribution in [0.25, 0.3) is 5.00 Å². The smallest absolute Gasteiger partial charge is 0.410 e. The molecule has 0 radical (unpaired) electrons. The Bertz CT molecular complexity index is 2100. The molecule has 0 saturated carbocycles. The summed E-state index contributed by atoms with van der Waals surface area (Å²) in [6.45, 7) is 13.5. The van der Waals surface area contributed by atoms with Crippen LogP contribution in [0.4, 0.5) is 4.79 Å². The first-order chi connectivity index (χ1) is 25.8. The van der Waals surface area contributed by atoms with Gasteiger partial charge in [-0.1, -0.05) is 41.5 Å². The molecule has 0 unspecified atom stereocenters. The van der Waals surface area contributed by atoms with Crippen LogP contribution in [-0.2, 0) is 25.5 Å². The molecule has 4 aromatic rings. The molecule has 0 N–H and O–H groups in total. The SMILES string of the molecule is Cc1sc2c(c1C)C(c1ccc(CCCOC3CCN(C(=O)OC(C)(C)C)CC3)cc1)=N[C@@H](CC(=O)ON1C(=O)c3ccccc3C1=O)c1nnc(C)n1-2. The fourth-order valence-corrected chi connectivity index (χ4v) is 8.17. The second-order valence-electron chi connectivity index (χ2n) is 14.9. The van der Waals surface area contributed by atoms with Crippen LogP contribution >= 0.6 is 11.3 Å². The average molecular weight is 753 g/mol. The standard InChI is InChI=1S/C40H44N6O7S/c1-23-24(2)54-38-33(23)34(27-15-13-26(14-16-27)10-9-21-51-28-17-19-44(20-18-28)39(50)52-40(4,5)6)41-31(35-43-42-25(3)45(35)38)22-32(47)53-46-36(48)29-11-7-8-12-30(29)37(46)49/h7-8,11-16,28,31H,9-10,17-22H2,1-6H3/t31-/m0/s1. The molecule has 0 bridgehead atoms. The van der Waals surface area contributed by atoms with Gasteiger partial charge in [-0.15, -0.1) is 21.5 Å². The fourth-order valence-electron chi connectivity index (χ4n) is 6.96. The number of benzene rings is 2. The zero-order valence-electron chi connectivity index (χ0n) is 31.4. The molecule has 14 heteroatoms. The molecule has 2 aromatic carbocycles. The van der Waals surface area contributed by atoms with Crippen molar-refractivity contribution in [2.24, 2.45) is 4.99 Å². The van der Waals surface area contributed by atoms with Gasteiger partial charge in [-0.3, -0.25) is 19.1 Å². The van der Waals surface area contributed by atoms with E-state index in [-0.39, 0.29) is 29.7 Å². The highest BCUT2D eigenvalue weighted by atomic mass is 32.1. The second kappa shape index (κ2) is 14.9. The number of aromatic nitrogens is 3. The van der Waals surface area contributed by atoms with Gasteiger partial charge in [-0.2, -0.15) is 0 Å². The minimum atomic E-state index is -0.809. The van der Waals surface area contributed by atoms with Gasteiger partial charge in [0.15, 0.2) is 5.82 Å². The monoisotopic (exact) mass is 752 g/mol. The zero-order valence-corrected chi connectivity index (χ0v) is 32.2. The van der Waals surface area contributed by atoms with Crippen LogP contribution in [0.2, 0.25) is 0 Å². The predicted molar refractivity (Wildman–Crippen MR) is 201 cm³/mol. The summed E-state index contributed by atoms with van der Waals surface area (Å²) in [6.07, 6.45) is 2.84. The largest absolute Gasteiger partial charge is 0.444 e. The molecule has 7 rings (SSSR count). The minimum Gasteiger partial charge on any atom is -0.444 e. The van der Waals surface area contributed by atoms with Gasteiger partial charge < -0.3 is 19.2 Å². The van der Waals surface area contributed by atoms with Crippen LogP contribution < -0.4 is 0 Å². The first kappa shape index (κ1) is 37.1. The molecule has 3 aliphatic heterocycles. The minimum absolute atomic E-state index is 0.122. The van der Waals surface area contributed by atoms with Gasteiger partial charge in [-0.05, 0) is 90.5 Å². The highest BCUT2D eigenvalue weighted by molar-refractivity contribution is 7.15. The maximum absolute atomic E-state index is 13.4. The zero-order chi connectivity index (χ0) is 38.3. The summed E-state index contributed by atoms with van der Waals surface area (Å²) in [4.78, 5) is 65.1. The Morgan fingerprint density at radius 1 is 0.926 bits per heavy atom. The van der Waals surface area contributed by atoms with Crippen LogP contribution in [0.3, 0.4) is 0 Å². The number of amides is 3. The summed E-state index contributed by atoms with van der Waals surface area (Å²) in [7, 11) is 0. The number of carbonyl (C=O) groups is 4. The van der Waals surface area contributed by atoms with Crippen LogP contribution in [0.15, 0.2) is 53.5 Å². The third kappa shape index (κ3) is 7.45. The third-order valence-electron chi connectivity index (χ3n) is 9.83. The molecule has 1 fully saturated rings. The molecule has 1 atom stereocenters. The third-order valence-corrected chi connectivity index (χ3v) is 11.0. The summed E-state index contributed by atoms with van der Waals surface area (Å²) in [5, 5.41) is 10.2. The topological polar surface area (TPSA) is 146 Å². The molecule has 0 spiro atoms. The normalized spacial score (nSPS) is 17.1. The number of ether oxygens (including phenoxy) is 2. The number of aliphatic imine (C=N–C) groups is 1. The van der Waals surface area contributed by atoms with E-state index in [0.29, 0.717) is 42.1 Å². The predicted octanol–water partition coefficient (Wildman–Crippen LogP) is 6.64. The highest BCUT2D eigenvalue weighted by Crippen LogP contribution is 2.40. The number of hydrogen-bond donors (Lipinski definition) is 0. The van der Waals surface area contributed by atoms with Gasteiger partial charge in [0.25, 0.3) is 11.8 Å². The Labute approximate surface area is 317 Å². The average Bonchev–Trinajstić information content (AvgIpc) is 3.71. The number of rotatable bonds is 9. The van der Waals surface area contributed by atoms with E-state index in [1.54, 1.807) is 28.4 Å². The van der Waals surface area contributed by atoms with Crippen molar-refractivity contribution >= 4 is 40.9 Å². The first-order valence-electron chi connectivity index (χ1n) is 18.3. The summed E-state index contributed by atoms with van der Waals surface area (Å²) >= 11 is 1.61. The number of carbonyl (C=O) groups excluding carboxylic acids is 4. The molecule has 13 nitrogen and oxygen atoms in total. The maximum Gasteiger partial charge on any atom is 0.410 e. The fraction of sp³-hybridized carbons (Fsp3) is 0.425. The molecule has 282 valence electrons. The lowest BCUT2D eigenvalue weighted by Gasteiger charge is -2.33. The Morgan fingerprint density at radius 3 is 2.24 bits per heavy atom. The number of hydrogen-bond acceptors (Lipinski definition) is 11. The van der Waals surface area contributed by atoms with Crippen LogP contribution in [0.1, 0.15) is 112 Å². The summed E-state index contributed by atoms with van der Waals surface area (Å²) in [5.41, 5.74) is 4.62. The highest BCUT2D eigenvalue weighted by Gasteiger charge is 2.40. The quantitative estimate of drug-likeness (QED) is 0.136. The van der Waals surface area contributed by atoms with E-state index in [9.17, 15) is 19.2 Å². The van der Waals surface area contributed by atoms with Crippen molar-refractivity contribution in [2.75, 3.05) is 19.7 Å². The van der Waals surface area contributed by atoms with Crippen molar-refractivity contribution in [1.29, 1.82) is 0 Å². The Kier molecular flexibility index (Phi) is 10.2. The van der Waals surface area contributed by atoms with Crippen molar-refractivity contribution in [1.82, 2.24) is 24.7 Å². The van der Waals surface area contributed by atoms with Gasteiger partial charge in [0.2, 0.25) is 0 Å². The lowest BCUT2D eigenvalue weighted by Crippen LogP contribution is -2.43. The molecule has 3 amide bonds. The lowest BCUT2D eigenvalue weighted by molar-refractivity contribution is -0.169. The number of thiophene rings is 1. The van der Waals surface area contributed by atoms with Gasteiger partial charge in [0.05, 0.1) is 29.4 Å². The molecular weight excluding hydrogens is 709 g/mol. The lowest BCUT2D eigenvalue weighted by atomic mass is 9.98. The molecular formula is C40H44N6O7S. The Hall–Kier alpha value is -5.21. The number of imide groups is 1. The Morgan fingerprint density at radius 2 is 1.59 bits per heavy atom. The Balaban J connectivity index is 1.04. The molecule has 0 aliphatic carbocycles. The summed E-state index contributed by atoms with van der Waals surface area (Å²) < 4.78 is 13.6. The number of likely N-dealkylation sites (tertiary alicyclic amines) is 1. The maximum atomic E-state index is 13.4. The van der Waals surface area contributed by atoms with E-state index < -0.39 is 29.4 Å². The van der Waals surface area contributed by atoms with Gasteiger partial charge in [-0.25, -0.2) is 9.59 Å². The van der Waals surface area contributed by atoms with E-state index >= 15 is 0 Å². The van der Waals surface area contributed by atoms with Crippen LogP contribution in [-0.4, -0.2) is 85.7 Å². The van der Waals surface area contributed by atoms with E-state index in [0.717, 1.165) is 57.8 Å². The number of aryl methyl sites for hydroxylation is 3. The molecule has 5 heterocycles. The summed E-state index contributed by atoms with van der Waals surface area (Å²) in [6, 6.07) is 13.8. The van der Waals surface area contributed by atoms with Crippen molar-refractivity contribution < 1.29 is 33.5 Å². The van der Waals surface area contributed by atoms with Crippen molar-refractivity contribution in [3.05, 3.63) is 98.4 Å². The molecule has 3 aliphatic rings. The van der Waals surface area contributed by atoms with E-state index in [2.05, 4.69) is 36.2 Å². The van der Waals surface area contributed by atoms with Crippen molar-refractivity contribution in [3.8, 4) is 5.00 Å². The first-order valence-corrected chi connectivity index (χ1v) is 19.1. The number of piperidine rings is 1. The van der Waals surface area contributed by atoms with Crippen molar-refractivity contribution in [2.45, 2.75) is 91.4 Å². The van der Waals surface area contributed by atoms with Gasteiger partial charge in [0, 0.05) is 35.7 Å². The van der Waals surface area contributed by atoms with E-state index in [1.807, 2.05) is 44.4 Å². The van der Waals surface area contributed by atoms with Gasteiger partial charge in [0.1, 0.15) is 22.5 Å². The van der Waals surface area contributed by atoms with E-state index in [4.69, 9.17) is 19.3 Å². The van der Waals surface area contributed by atoms with Crippen LogP contribution in [0, 0.1) is 20.8 Å². The molecule has 54 heavy (non-hydrogen) atoms. The molecule has 2 aromatic heterocycles. The number of fused-ring (bicyclic) bond motifs is 4.